The van der Waals surface area contributed by atoms with Crippen molar-refractivity contribution in [1.82, 2.24) is 0 Å². The maximum absolute atomic E-state index is 7.12. The van der Waals surface area contributed by atoms with Crippen molar-refractivity contribution in [2.75, 3.05) is 6.26 Å². The summed E-state index contributed by atoms with van der Waals surface area (Å²) in [7, 11) is -0.750. The molecule has 0 amide bonds. The van der Waals surface area contributed by atoms with Crippen LogP contribution in [0.25, 0.3) is 0 Å². The Bertz CT molecular complexity index is 218. The molecule has 1 aromatic rings. The molecule has 0 aliphatic rings. The molecular formula is C8H13BO2S. The molecule has 0 aliphatic carbocycles. The molecule has 2 nitrogen and oxygen atoms in total. The minimum absolute atomic E-state index is 0.750. The van der Waals surface area contributed by atoms with Gasteiger partial charge in [-0.3, -0.25) is 0 Å². The first-order valence-corrected chi connectivity index (χ1v) is 4.80. The zero-order valence-corrected chi connectivity index (χ0v) is 8.14. The van der Waals surface area contributed by atoms with E-state index < -0.39 is 7.69 Å². The summed E-state index contributed by atoms with van der Waals surface area (Å²) < 4.78 is 0. The van der Waals surface area contributed by atoms with Gasteiger partial charge in [0.15, 0.2) is 0 Å². The summed E-state index contributed by atoms with van der Waals surface area (Å²) in [5.41, 5.74) is 1.37. The molecule has 0 fully saturated rings. The van der Waals surface area contributed by atoms with Gasteiger partial charge < -0.3 is 10.0 Å². The summed E-state index contributed by atoms with van der Waals surface area (Å²) in [6.07, 6.45) is 2.10. The Balaban J connectivity index is 0.000000354. The Hall–Kier alpha value is -0.445. The number of hydrogen-bond acceptors (Lipinski definition) is 3. The molecule has 0 unspecified atom stereocenters. The van der Waals surface area contributed by atoms with Crippen LogP contribution in [0.15, 0.2) is 29.2 Å². The van der Waals surface area contributed by atoms with Crippen LogP contribution in [-0.2, 0) is 0 Å². The van der Waals surface area contributed by atoms with Gasteiger partial charge in [0.05, 0.1) is 0 Å². The first kappa shape index (κ1) is 11.6. The third kappa shape index (κ3) is 4.44. The van der Waals surface area contributed by atoms with Crippen LogP contribution in [-0.4, -0.2) is 24.0 Å². The summed E-state index contributed by atoms with van der Waals surface area (Å²) in [5, 5.41) is 14.2. The van der Waals surface area contributed by atoms with E-state index >= 15 is 0 Å². The van der Waals surface area contributed by atoms with Gasteiger partial charge >= 0.3 is 7.69 Å². The summed E-state index contributed by atoms with van der Waals surface area (Å²) in [4.78, 5) is 1.37. The largest absolute Gasteiger partial charge is 0.432 e. The molecule has 4 heteroatoms. The monoisotopic (exact) mass is 184 g/mol. The lowest BCUT2D eigenvalue weighted by atomic mass is 10.2. The molecule has 0 atom stereocenters. The van der Waals surface area contributed by atoms with E-state index in [2.05, 4.69) is 37.4 Å². The first-order valence-electron chi connectivity index (χ1n) is 3.57. The maximum Gasteiger partial charge on any atom is 0.432 e. The van der Waals surface area contributed by atoms with E-state index in [1.165, 1.54) is 10.5 Å². The average Bonchev–Trinajstić information content (AvgIpc) is 2.07. The lowest BCUT2D eigenvalue weighted by Crippen LogP contribution is -1.75. The highest BCUT2D eigenvalue weighted by molar-refractivity contribution is 7.98. The molecule has 0 saturated heterocycles. The van der Waals surface area contributed by atoms with Gasteiger partial charge in [-0.05, 0) is 24.8 Å². The van der Waals surface area contributed by atoms with E-state index in [-0.39, 0.29) is 0 Å². The second-order valence-corrected chi connectivity index (χ2v) is 2.96. The van der Waals surface area contributed by atoms with E-state index in [0.29, 0.717) is 0 Å². The third-order valence-corrected chi connectivity index (χ3v) is 2.21. The van der Waals surface area contributed by atoms with Crippen LogP contribution in [0.2, 0.25) is 0 Å². The van der Waals surface area contributed by atoms with Gasteiger partial charge in [0.25, 0.3) is 0 Å². The third-order valence-electron chi connectivity index (χ3n) is 1.31. The normalized spacial score (nSPS) is 8.33. The van der Waals surface area contributed by atoms with Gasteiger partial charge in [-0.1, -0.05) is 18.2 Å². The van der Waals surface area contributed by atoms with Crippen molar-refractivity contribution in [2.45, 2.75) is 11.8 Å². The van der Waals surface area contributed by atoms with Crippen molar-refractivity contribution < 1.29 is 10.0 Å². The van der Waals surface area contributed by atoms with Crippen LogP contribution >= 0.6 is 11.8 Å². The number of hydrogen-bond donors (Lipinski definition) is 2. The number of thioether (sulfide) groups is 1. The van der Waals surface area contributed by atoms with E-state index in [0.717, 1.165) is 0 Å². The fourth-order valence-corrected chi connectivity index (χ4v) is 1.39. The second-order valence-electron chi connectivity index (χ2n) is 2.11. The first-order chi connectivity index (χ1) is 5.76. The Morgan fingerprint density at radius 1 is 1.25 bits per heavy atom. The van der Waals surface area contributed by atoms with Crippen molar-refractivity contribution in [3.8, 4) is 0 Å². The van der Waals surface area contributed by atoms with Crippen molar-refractivity contribution in [3.63, 3.8) is 0 Å². The molecule has 0 aromatic heterocycles. The fraction of sp³-hybridized carbons (Fsp3) is 0.250. The lowest BCUT2D eigenvalue weighted by Gasteiger charge is -1.97. The fourth-order valence-electron chi connectivity index (χ4n) is 0.785. The van der Waals surface area contributed by atoms with Gasteiger partial charge in [-0.15, -0.1) is 11.8 Å². The SMILES string of the molecule is CSc1ccccc1C.OBO. The van der Waals surface area contributed by atoms with Crippen LogP contribution in [0.5, 0.6) is 0 Å². The molecule has 0 saturated carbocycles. The Kier molecular flexibility index (Phi) is 6.95. The number of benzene rings is 1. The molecular weight excluding hydrogens is 171 g/mol. The predicted octanol–water partition coefficient (Wildman–Crippen LogP) is 0.954. The average molecular weight is 184 g/mol. The molecule has 0 aliphatic heterocycles. The number of rotatable bonds is 1. The summed E-state index contributed by atoms with van der Waals surface area (Å²) in [6, 6.07) is 8.40. The molecule has 2 N–H and O–H groups in total. The van der Waals surface area contributed by atoms with Crippen LogP contribution in [0, 0.1) is 6.92 Å². The molecule has 0 bridgehead atoms. The zero-order valence-electron chi connectivity index (χ0n) is 7.32. The van der Waals surface area contributed by atoms with Gasteiger partial charge in [0, 0.05) is 4.90 Å². The van der Waals surface area contributed by atoms with E-state index in [9.17, 15) is 0 Å². The highest BCUT2D eigenvalue weighted by Gasteiger charge is 1.90. The molecule has 66 valence electrons. The summed E-state index contributed by atoms with van der Waals surface area (Å²) in [6.45, 7) is 2.13. The van der Waals surface area contributed by atoms with E-state index in [4.69, 9.17) is 10.0 Å². The smallest absolute Gasteiger partial charge is 0.430 e. The van der Waals surface area contributed by atoms with Crippen LogP contribution in [0.1, 0.15) is 5.56 Å². The van der Waals surface area contributed by atoms with Gasteiger partial charge in [0.1, 0.15) is 0 Å². The van der Waals surface area contributed by atoms with Crippen LogP contribution in [0.4, 0.5) is 0 Å². The van der Waals surface area contributed by atoms with Crippen LogP contribution < -0.4 is 0 Å². The van der Waals surface area contributed by atoms with Gasteiger partial charge in [-0.25, -0.2) is 0 Å². The Morgan fingerprint density at radius 3 is 2.08 bits per heavy atom. The maximum atomic E-state index is 7.12. The quantitative estimate of drug-likeness (QED) is 0.504. The zero-order chi connectivity index (χ0) is 9.40. The molecule has 12 heavy (non-hydrogen) atoms. The summed E-state index contributed by atoms with van der Waals surface area (Å²) in [5.74, 6) is 0. The Morgan fingerprint density at radius 2 is 1.75 bits per heavy atom. The topological polar surface area (TPSA) is 40.5 Å². The Labute approximate surface area is 77.9 Å². The van der Waals surface area contributed by atoms with Crippen molar-refractivity contribution in [3.05, 3.63) is 29.8 Å². The molecule has 0 heterocycles. The van der Waals surface area contributed by atoms with Crippen molar-refractivity contribution in [2.24, 2.45) is 0 Å². The standard InChI is InChI=1S/C8H10S.BH3O2/c1-7-5-3-4-6-8(7)9-2;2-1-3/h3-6H,1-2H3;1-3H. The van der Waals surface area contributed by atoms with Crippen molar-refractivity contribution in [1.29, 1.82) is 0 Å². The molecule has 0 spiro atoms. The highest BCUT2D eigenvalue weighted by atomic mass is 32.2. The lowest BCUT2D eigenvalue weighted by molar-refractivity contribution is 0.448. The molecule has 1 rings (SSSR count). The van der Waals surface area contributed by atoms with Crippen molar-refractivity contribution >= 4 is 19.4 Å². The van der Waals surface area contributed by atoms with Gasteiger partial charge in [-0.2, -0.15) is 0 Å². The minimum Gasteiger partial charge on any atom is -0.430 e. The molecule has 1 aromatic carbocycles. The summed E-state index contributed by atoms with van der Waals surface area (Å²) >= 11 is 1.80. The molecule has 0 radical (unpaired) electrons. The van der Waals surface area contributed by atoms with Crippen LogP contribution in [0.3, 0.4) is 0 Å². The van der Waals surface area contributed by atoms with Gasteiger partial charge in [0.2, 0.25) is 0 Å². The highest BCUT2D eigenvalue weighted by Crippen LogP contribution is 2.17. The predicted molar refractivity (Wildman–Crippen MR) is 54.5 cm³/mol. The van der Waals surface area contributed by atoms with E-state index in [1.54, 1.807) is 11.8 Å². The second kappa shape index (κ2) is 7.22. The number of aryl methyl sites for hydroxylation is 1. The minimum atomic E-state index is -0.750. The van der Waals surface area contributed by atoms with E-state index in [1.807, 2.05) is 0 Å².